The lowest BCUT2D eigenvalue weighted by Gasteiger charge is -2.23. The molecular formula is C28H25N9O2. The van der Waals surface area contributed by atoms with E-state index in [1.165, 1.54) is 0 Å². The first-order chi connectivity index (χ1) is 19.1. The van der Waals surface area contributed by atoms with Gasteiger partial charge in [0.1, 0.15) is 5.65 Å². The van der Waals surface area contributed by atoms with Crippen molar-refractivity contribution in [2.24, 2.45) is 14.1 Å². The normalized spacial score (nSPS) is 14.9. The molecular weight excluding hydrogens is 494 g/mol. The highest BCUT2D eigenvalue weighted by atomic mass is 16.5. The molecule has 11 nitrogen and oxygen atoms in total. The fourth-order valence-electron chi connectivity index (χ4n) is 6.07. The fourth-order valence-corrected chi connectivity index (χ4v) is 6.07. The number of ether oxygens (including phenoxy) is 1. The SMILES string of the molecule is Cn1ncc2cc(-c3c(-c4cnn5cccnc45)[nH]c4ncc5c(c34)n(C3CCOCC3)c(=O)n5C)ccc21. The smallest absolute Gasteiger partial charge is 0.329 e. The second-order valence-electron chi connectivity index (χ2n) is 10.1. The number of pyridine rings is 1. The van der Waals surface area contributed by atoms with E-state index in [0.29, 0.717) is 18.9 Å². The number of imidazole rings is 1. The summed E-state index contributed by atoms with van der Waals surface area (Å²) >= 11 is 0. The Morgan fingerprint density at radius 3 is 2.77 bits per heavy atom. The average Bonchev–Trinajstić information content (AvgIpc) is 3.72. The van der Waals surface area contributed by atoms with Crippen LogP contribution in [0.3, 0.4) is 0 Å². The van der Waals surface area contributed by atoms with Crippen LogP contribution < -0.4 is 5.69 Å². The maximum Gasteiger partial charge on any atom is 0.329 e. The van der Waals surface area contributed by atoms with Gasteiger partial charge in [0.15, 0.2) is 5.65 Å². The zero-order chi connectivity index (χ0) is 26.2. The molecule has 6 aromatic heterocycles. The minimum Gasteiger partial charge on any atom is -0.381 e. The third-order valence-electron chi connectivity index (χ3n) is 8.01. The van der Waals surface area contributed by atoms with Gasteiger partial charge in [-0.2, -0.15) is 10.2 Å². The Balaban J connectivity index is 1.53. The maximum atomic E-state index is 13.7. The van der Waals surface area contributed by atoms with Crippen molar-refractivity contribution in [2.45, 2.75) is 18.9 Å². The number of fused-ring (bicyclic) bond motifs is 5. The minimum atomic E-state index is -0.0414. The van der Waals surface area contributed by atoms with E-state index in [4.69, 9.17) is 9.72 Å². The van der Waals surface area contributed by atoms with Crippen LogP contribution in [0, 0.1) is 0 Å². The Hall–Kier alpha value is -4.77. The summed E-state index contributed by atoms with van der Waals surface area (Å²) in [5, 5.41) is 10.9. The number of aryl methyl sites for hydroxylation is 2. The zero-order valence-electron chi connectivity index (χ0n) is 21.5. The van der Waals surface area contributed by atoms with Crippen LogP contribution >= 0.6 is 0 Å². The number of aromatic nitrogens is 9. The van der Waals surface area contributed by atoms with Crippen molar-refractivity contribution >= 4 is 38.6 Å². The van der Waals surface area contributed by atoms with Crippen LogP contribution in [-0.2, 0) is 18.8 Å². The number of hydrogen-bond donors (Lipinski definition) is 1. The topological polar surface area (TPSA) is 113 Å². The number of hydrogen-bond acceptors (Lipinski definition) is 6. The molecule has 0 atom stereocenters. The van der Waals surface area contributed by atoms with Crippen LogP contribution in [0.15, 0.2) is 60.0 Å². The molecule has 8 rings (SSSR count). The van der Waals surface area contributed by atoms with Crippen LogP contribution in [0.4, 0.5) is 0 Å². The molecule has 0 unspecified atom stereocenters. The van der Waals surface area contributed by atoms with Gasteiger partial charge in [0.25, 0.3) is 0 Å². The summed E-state index contributed by atoms with van der Waals surface area (Å²) in [7, 11) is 3.76. The van der Waals surface area contributed by atoms with Crippen LogP contribution in [0.2, 0.25) is 0 Å². The molecule has 7 aromatic rings. The predicted molar refractivity (Wildman–Crippen MR) is 148 cm³/mol. The molecule has 1 aliphatic rings. The first kappa shape index (κ1) is 22.2. The second kappa shape index (κ2) is 8.11. The number of nitrogens with zero attached hydrogens (tertiary/aromatic N) is 8. The van der Waals surface area contributed by atoms with Gasteiger partial charge in [-0.1, -0.05) is 6.07 Å². The molecule has 0 spiro atoms. The molecule has 194 valence electrons. The number of rotatable bonds is 3. The Kier molecular flexibility index (Phi) is 4.63. The van der Waals surface area contributed by atoms with Crippen molar-refractivity contribution in [1.82, 2.24) is 43.5 Å². The van der Waals surface area contributed by atoms with Gasteiger partial charge < -0.3 is 9.72 Å². The molecule has 0 amide bonds. The molecule has 1 fully saturated rings. The lowest BCUT2D eigenvalue weighted by molar-refractivity contribution is 0.0697. The van der Waals surface area contributed by atoms with E-state index >= 15 is 0 Å². The molecule has 1 saturated heterocycles. The van der Waals surface area contributed by atoms with E-state index < -0.39 is 0 Å². The molecule has 11 heteroatoms. The Labute approximate surface area is 221 Å². The minimum absolute atomic E-state index is 0.0414. The molecule has 1 aliphatic heterocycles. The maximum absolute atomic E-state index is 13.7. The van der Waals surface area contributed by atoms with E-state index in [1.807, 2.05) is 48.0 Å². The van der Waals surface area contributed by atoms with Gasteiger partial charge in [-0.3, -0.25) is 13.8 Å². The molecule has 1 N–H and O–H groups in total. The molecule has 0 saturated carbocycles. The highest BCUT2D eigenvalue weighted by Gasteiger charge is 2.28. The summed E-state index contributed by atoms with van der Waals surface area (Å²) in [6.07, 6.45) is 10.7. The monoisotopic (exact) mass is 519 g/mol. The molecule has 1 aromatic carbocycles. The third-order valence-corrected chi connectivity index (χ3v) is 8.01. The molecule has 7 heterocycles. The van der Waals surface area contributed by atoms with Gasteiger partial charge in [0, 0.05) is 56.7 Å². The first-order valence-corrected chi connectivity index (χ1v) is 13.0. The van der Waals surface area contributed by atoms with Crippen molar-refractivity contribution in [1.29, 1.82) is 0 Å². The van der Waals surface area contributed by atoms with Gasteiger partial charge in [0.05, 0.1) is 51.8 Å². The van der Waals surface area contributed by atoms with E-state index in [1.54, 1.807) is 21.5 Å². The Morgan fingerprint density at radius 2 is 1.90 bits per heavy atom. The highest BCUT2D eigenvalue weighted by Crippen LogP contribution is 2.43. The molecule has 0 aliphatic carbocycles. The van der Waals surface area contributed by atoms with E-state index in [-0.39, 0.29) is 11.7 Å². The van der Waals surface area contributed by atoms with Crippen LogP contribution in [-0.4, -0.2) is 56.7 Å². The number of H-pyrrole nitrogens is 1. The third kappa shape index (κ3) is 3.10. The van der Waals surface area contributed by atoms with Crippen LogP contribution in [0.1, 0.15) is 18.9 Å². The van der Waals surface area contributed by atoms with E-state index in [0.717, 1.165) is 68.2 Å². The van der Waals surface area contributed by atoms with Crippen LogP contribution in [0.25, 0.3) is 61.0 Å². The quantitative estimate of drug-likeness (QED) is 0.380. The summed E-state index contributed by atoms with van der Waals surface area (Å²) < 4.78 is 12.9. The average molecular weight is 520 g/mol. The number of aromatic amines is 1. The van der Waals surface area contributed by atoms with Gasteiger partial charge in [-0.25, -0.2) is 19.3 Å². The summed E-state index contributed by atoms with van der Waals surface area (Å²) in [6.45, 7) is 1.28. The highest BCUT2D eigenvalue weighted by molar-refractivity contribution is 6.15. The van der Waals surface area contributed by atoms with Crippen molar-refractivity contribution in [3.05, 3.63) is 65.7 Å². The summed E-state index contributed by atoms with van der Waals surface area (Å²) in [5.41, 5.74) is 7.80. The Morgan fingerprint density at radius 1 is 1.03 bits per heavy atom. The lowest BCUT2D eigenvalue weighted by Crippen LogP contribution is -2.29. The van der Waals surface area contributed by atoms with Crippen LogP contribution in [0.5, 0.6) is 0 Å². The van der Waals surface area contributed by atoms with Gasteiger partial charge >= 0.3 is 5.69 Å². The first-order valence-electron chi connectivity index (χ1n) is 13.0. The fraction of sp³-hybridized carbons (Fsp3) is 0.250. The number of nitrogens with one attached hydrogen (secondary N) is 1. The number of benzene rings is 1. The standard InChI is InChI=1S/C28H25N9O2/c1-34-21-15-30-26-23(25(21)37(28(34)38)18-6-10-39-11-7-18)22(16-4-5-20-17(12-16)13-31-35(20)2)24(33-26)19-14-32-36-9-3-8-29-27(19)36/h3-5,8-9,12-15,18H,6-7,10-11H2,1-2H3,(H,30,33). The lowest BCUT2D eigenvalue weighted by atomic mass is 9.98. The second-order valence-corrected chi connectivity index (χ2v) is 10.1. The van der Waals surface area contributed by atoms with Crippen molar-refractivity contribution in [2.75, 3.05) is 13.2 Å². The predicted octanol–water partition coefficient (Wildman–Crippen LogP) is 3.83. The van der Waals surface area contributed by atoms with Gasteiger partial charge in [-0.05, 0) is 36.6 Å². The van der Waals surface area contributed by atoms with Gasteiger partial charge in [-0.15, -0.1) is 0 Å². The molecule has 0 radical (unpaired) electrons. The summed E-state index contributed by atoms with van der Waals surface area (Å²) in [4.78, 5) is 26.7. The van der Waals surface area contributed by atoms with Crippen molar-refractivity contribution < 1.29 is 4.74 Å². The van der Waals surface area contributed by atoms with E-state index in [2.05, 4.69) is 38.4 Å². The summed E-state index contributed by atoms with van der Waals surface area (Å²) in [6, 6.07) is 8.23. The Bertz CT molecular complexity index is 2120. The zero-order valence-corrected chi connectivity index (χ0v) is 21.5. The molecule has 0 bridgehead atoms. The van der Waals surface area contributed by atoms with Gasteiger partial charge in [0.2, 0.25) is 0 Å². The molecule has 39 heavy (non-hydrogen) atoms. The van der Waals surface area contributed by atoms with E-state index in [9.17, 15) is 4.79 Å². The summed E-state index contributed by atoms with van der Waals surface area (Å²) in [5.74, 6) is 0. The van der Waals surface area contributed by atoms with Crippen molar-refractivity contribution in [3.8, 4) is 22.4 Å². The van der Waals surface area contributed by atoms with Crippen molar-refractivity contribution in [3.63, 3.8) is 0 Å². The largest absolute Gasteiger partial charge is 0.381 e.